The number of aliphatic carboxylic acids is 1. The Labute approximate surface area is 108 Å². The van der Waals surface area contributed by atoms with E-state index in [1.807, 2.05) is 5.32 Å². The van der Waals surface area contributed by atoms with Gasteiger partial charge < -0.3 is 15.3 Å². The van der Waals surface area contributed by atoms with Crippen molar-refractivity contribution in [3.05, 3.63) is 29.8 Å². The fourth-order valence-electron chi connectivity index (χ4n) is 1.43. The first-order valence-electron chi connectivity index (χ1n) is 5.56. The molecule has 0 unspecified atom stereocenters. The van der Waals surface area contributed by atoms with Gasteiger partial charge in [0.05, 0.1) is 0 Å². The number of hydrogen-bond donors (Lipinski definition) is 2. The zero-order valence-corrected chi connectivity index (χ0v) is 10.5. The number of halogens is 2. The molecule has 5 nitrogen and oxygen atoms in total. The van der Waals surface area contributed by atoms with Gasteiger partial charge in [0.25, 0.3) is 0 Å². The fraction of sp³-hybridized carbons (Fsp3) is 0.333. The number of nitrogens with zero attached hydrogens (tertiary/aromatic N) is 1. The van der Waals surface area contributed by atoms with E-state index in [-0.39, 0.29) is 0 Å². The van der Waals surface area contributed by atoms with Crippen LogP contribution in [0.15, 0.2) is 18.2 Å². The molecular formula is C12H14F2N2O3. The van der Waals surface area contributed by atoms with Crippen LogP contribution in [0.5, 0.6) is 0 Å². The highest BCUT2D eigenvalue weighted by Crippen LogP contribution is 2.18. The summed E-state index contributed by atoms with van der Waals surface area (Å²) in [4.78, 5) is 23.4. The number of amides is 2. The number of carbonyl (C=O) groups is 2. The average Bonchev–Trinajstić information content (AvgIpc) is 2.30. The van der Waals surface area contributed by atoms with Gasteiger partial charge in [0.15, 0.2) is 0 Å². The van der Waals surface area contributed by atoms with Gasteiger partial charge in [-0.25, -0.2) is 13.6 Å². The van der Waals surface area contributed by atoms with Gasteiger partial charge >= 0.3 is 12.0 Å². The van der Waals surface area contributed by atoms with Crippen LogP contribution in [0.3, 0.4) is 0 Å². The number of carboxylic acid groups (broad SMARTS) is 1. The predicted octanol–water partition coefficient (Wildman–Crippen LogP) is 2.29. The molecule has 2 amide bonds. The number of urea groups is 1. The third-order valence-corrected chi connectivity index (χ3v) is 2.38. The summed E-state index contributed by atoms with van der Waals surface area (Å²) in [6.07, 6.45) is 0. The van der Waals surface area contributed by atoms with Crippen molar-refractivity contribution < 1.29 is 23.5 Å². The average molecular weight is 272 g/mol. The minimum atomic E-state index is -1.21. The summed E-state index contributed by atoms with van der Waals surface area (Å²) < 4.78 is 26.7. The Morgan fingerprint density at radius 1 is 1.32 bits per heavy atom. The van der Waals surface area contributed by atoms with Crippen molar-refractivity contribution in [2.45, 2.75) is 19.9 Å². The molecule has 0 atom stereocenters. The molecule has 0 heterocycles. The highest BCUT2D eigenvalue weighted by Gasteiger charge is 2.22. The molecule has 1 aromatic rings. The summed E-state index contributed by atoms with van der Waals surface area (Å²) in [7, 11) is 0. The number of carbonyl (C=O) groups excluding carboxylic acids is 1. The molecular weight excluding hydrogens is 258 g/mol. The molecule has 0 radical (unpaired) electrons. The van der Waals surface area contributed by atoms with E-state index in [2.05, 4.69) is 0 Å². The normalized spacial score (nSPS) is 10.4. The van der Waals surface area contributed by atoms with Crippen LogP contribution in [0, 0.1) is 11.6 Å². The van der Waals surface area contributed by atoms with Crippen LogP contribution in [-0.4, -0.2) is 34.6 Å². The van der Waals surface area contributed by atoms with Crippen molar-refractivity contribution >= 4 is 17.7 Å². The molecule has 104 valence electrons. The third kappa shape index (κ3) is 3.90. The lowest BCUT2D eigenvalue weighted by atomic mass is 10.3. The summed E-state index contributed by atoms with van der Waals surface area (Å²) in [5, 5.41) is 10.7. The second kappa shape index (κ2) is 6.12. The van der Waals surface area contributed by atoms with E-state index in [1.54, 1.807) is 13.8 Å². The lowest BCUT2D eigenvalue weighted by Gasteiger charge is -2.25. The van der Waals surface area contributed by atoms with Gasteiger partial charge in [-0.05, 0) is 26.0 Å². The Morgan fingerprint density at radius 3 is 2.26 bits per heavy atom. The Kier molecular flexibility index (Phi) is 4.80. The van der Waals surface area contributed by atoms with Crippen molar-refractivity contribution in [2.75, 3.05) is 11.9 Å². The number of nitrogens with one attached hydrogen (secondary N) is 1. The summed E-state index contributed by atoms with van der Waals surface area (Å²) >= 11 is 0. The van der Waals surface area contributed by atoms with Gasteiger partial charge in [-0.15, -0.1) is 0 Å². The Hall–Kier alpha value is -2.18. The standard InChI is InChI=1S/C12H14F2N2O3/c1-7(2)16(6-10(17)18)12(19)15-11-8(13)4-3-5-9(11)14/h3-5,7H,6H2,1-2H3,(H,15,19)(H,17,18). The molecule has 0 aliphatic carbocycles. The molecule has 1 rings (SSSR count). The van der Waals surface area contributed by atoms with E-state index in [9.17, 15) is 18.4 Å². The number of hydrogen-bond acceptors (Lipinski definition) is 2. The Morgan fingerprint density at radius 2 is 1.84 bits per heavy atom. The molecule has 7 heteroatoms. The minimum Gasteiger partial charge on any atom is -0.480 e. The molecule has 0 saturated heterocycles. The van der Waals surface area contributed by atoms with Gasteiger partial charge in [0, 0.05) is 6.04 Å². The zero-order valence-electron chi connectivity index (χ0n) is 10.5. The molecule has 0 saturated carbocycles. The van der Waals surface area contributed by atoms with E-state index >= 15 is 0 Å². The van der Waals surface area contributed by atoms with Crippen molar-refractivity contribution in [3.8, 4) is 0 Å². The Bertz CT molecular complexity index is 472. The highest BCUT2D eigenvalue weighted by molar-refractivity contribution is 5.91. The minimum absolute atomic E-state index is 0.425. The van der Waals surface area contributed by atoms with Crippen LogP contribution < -0.4 is 5.32 Å². The molecule has 19 heavy (non-hydrogen) atoms. The lowest BCUT2D eigenvalue weighted by Crippen LogP contribution is -2.43. The van der Waals surface area contributed by atoms with Gasteiger partial charge in [-0.3, -0.25) is 4.79 Å². The first-order valence-corrected chi connectivity index (χ1v) is 5.56. The number of rotatable bonds is 4. The number of carboxylic acids is 1. The van der Waals surface area contributed by atoms with Crippen LogP contribution in [0.1, 0.15) is 13.8 Å². The van der Waals surface area contributed by atoms with E-state index in [0.29, 0.717) is 0 Å². The van der Waals surface area contributed by atoms with Gasteiger partial charge in [-0.2, -0.15) is 0 Å². The van der Waals surface area contributed by atoms with Crippen LogP contribution in [0.2, 0.25) is 0 Å². The van der Waals surface area contributed by atoms with Crippen LogP contribution >= 0.6 is 0 Å². The molecule has 0 aromatic heterocycles. The summed E-state index contributed by atoms with van der Waals surface area (Å²) in [6.45, 7) is 2.64. The van der Waals surface area contributed by atoms with Crippen LogP contribution in [-0.2, 0) is 4.79 Å². The smallest absolute Gasteiger partial charge is 0.323 e. The Balaban J connectivity index is 2.90. The largest absolute Gasteiger partial charge is 0.480 e. The molecule has 0 aliphatic heterocycles. The van der Waals surface area contributed by atoms with Crippen molar-refractivity contribution in [2.24, 2.45) is 0 Å². The maximum absolute atomic E-state index is 13.3. The number of anilines is 1. The maximum Gasteiger partial charge on any atom is 0.323 e. The van der Waals surface area contributed by atoms with Gasteiger partial charge in [0.2, 0.25) is 0 Å². The second-order valence-corrected chi connectivity index (χ2v) is 4.14. The molecule has 0 fully saturated rings. The van der Waals surface area contributed by atoms with Crippen LogP contribution in [0.25, 0.3) is 0 Å². The number of para-hydroxylation sites is 1. The fourth-order valence-corrected chi connectivity index (χ4v) is 1.43. The predicted molar refractivity (Wildman–Crippen MR) is 64.9 cm³/mol. The number of benzene rings is 1. The summed E-state index contributed by atoms with van der Waals surface area (Å²) in [5.41, 5.74) is -0.594. The van der Waals surface area contributed by atoms with Crippen LogP contribution in [0.4, 0.5) is 19.3 Å². The SMILES string of the molecule is CC(C)N(CC(=O)O)C(=O)Nc1c(F)cccc1F. The topological polar surface area (TPSA) is 69.6 Å². The van der Waals surface area contributed by atoms with E-state index in [1.165, 1.54) is 0 Å². The molecule has 0 aliphatic rings. The van der Waals surface area contributed by atoms with Gasteiger partial charge in [0.1, 0.15) is 23.9 Å². The van der Waals surface area contributed by atoms with Crippen molar-refractivity contribution in [1.82, 2.24) is 4.90 Å². The van der Waals surface area contributed by atoms with Crippen molar-refractivity contribution in [1.29, 1.82) is 0 Å². The lowest BCUT2D eigenvalue weighted by molar-refractivity contribution is -0.137. The highest BCUT2D eigenvalue weighted by atomic mass is 19.1. The second-order valence-electron chi connectivity index (χ2n) is 4.14. The third-order valence-electron chi connectivity index (χ3n) is 2.38. The molecule has 0 bridgehead atoms. The van der Waals surface area contributed by atoms with E-state index in [0.717, 1.165) is 23.1 Å². The van der Waals surface area contributed by atoms with Gasteiger partial charge in [-0.1, -0.05) is 6.07 Å². The molecule has 1 aromatic carbocycles. The molecule has 0 spiro atoms. The first kappa shape index (κ1) is 14.9. The van der Waals surface area contributed by atoms with E-state index < -0.39 is 41.9 Å². The zero-order chi connectivity index (χ0) is 14.6. The van der Waals surface area contributed by atoms with Crippen molar-refractivity contribution in [3.63, 3.8) is 0 Å². The quantitative estimate of drug-likeness (QED) is 0.883. The summed E-state index contributed by atoms with van der Waals surface area (Å²) in [6, 6.07) is 1.86. The van der Waals surface area contributed by atoms with E-state index in [4.69, 9.17) is 5.11 Å². The summed E-state index contributed by atoms with van der Waals surface area (Å²) in [5.74, 6) is -3.06. The first-order chi connectivity index (χ1) is 8.82. The maximum atomic E-state index is 13.3. The monoisotopic (exact) mass is 272 g/mol. The molecule has 2 N–H and O–H groups in total.